The lowest BCUT2D eigenvalue weighted by Crippen LogP contribution is -2.51. The number of aromatic nitrogens is 2. The minimum absolute atomic E-state index is 0.0986. The largest absolute Gasteiger partial charge is 0.407 e. The van der Waals surface area contributed by atoms with E-state index < -0.39 is 0 Å². The van der Waals surface area contributed by atoms with E-state index in [4.69, 9.17) is 4.42 Å². The maximum absolute atomic E-state index is 13.0. The molecular formula is C20H23N3O2. The van der Waals surface area contributed by atoms with Crippen LogP contribution >= 0.6 is 0 Å². The highest BCUT2D eigenvalue weighted by Gasteiger charge is 2.54. The summed E-state index contributed by atoms with van der Waals surface area (Å²) < 4.78 is 5.67. The molecule has 130 valence electrons. The third-order valence-corrected chi connectivity index (χ3v) is 6.41. The number of hydrogen-bond donors (Lipinski definition) is 1. The van der Waals surface area contributed by atoms with Gasteiger partial charge in [-0.15, -0.1) is 5.10 Å². The Morgan fingerprint density at radius 2 is 1.68 bits per heavy atom. The van der Waals surface area contributed by atoms with Crippen LogP contribution in [0.4, 0.5) is 6.01 Å². The Hall–Kier alpha value is -2.17. The minimum Gasteiger partial charge on any atom is -0.407 e. The second kappa shape index (κ2) is 5.68. The molecule has 0 atom stereocenters. The van der Waals surface area contributed by atoms with Gasteiger partial charge in [-0.2, -0.15) is 0 Å². The summed E-state index contributed by atoms with van der Waals surface area (Å²) >= 11 is 0. The molecule has 4 saturated carbocycles. The van der Waals surface area contributed by atoms with E-state index in [-0.39, 0.29) is 17.3 Å². The van der Waals surface area contributed by atoms with Gasteiger partial charge in [-0.1, -0.05) is 35.4 Å². The second-order valence-electron chi connectivity index (χ2n) is 8.32. The van der Waals surface area contributed by atoms with Crippen LogP contribution in [0.25, 0.3) is 0 Å². The summed E-state index contributed by atoms with van der Waals surface area (Å²) in [4.78, 5) is 13.0. The van der Waals surface area contributed by atoms with Crippen molar-refractivity contribution in [3.63, 3.8) is 0 Å². The van der Waals surface area contributed by atoms with E-state index in [2.05, 4.69) is 15.5 Å². The van der Waals surface area contributed by atoms with Crippen molar-refractivity contribution in [2.75, 3.05) is 5.32 Å². The van der Waals surface area contributed by atoms with Gasteiger partial charge in [0.1, 0.15) is 0 Å². The highest BCUT2D eigenvalue weighted by atomic mass is 16.4. The van der Waals surface area contributed by atoms with Crippen molar-refractivity contribution < 1.29 is 9.21 Å². The third-order valence-electron chi connectivity index (χ3n) is 6.41. The van der Waals surface area contributed by atoms with Crippen LogP contribution in [0.5, 0.6) is 0 Å². The van der Waals surface area contributed by atoms with Gasteiger partial charge >= 0.3 is 6.01 Å². The molecule has 4 aliphatic rings. The van der Waals surface area contributed by atoms with Crippen LogP contribution in [0.3, 0.4) is 0 Å². The molecule has 1 aromatic carbocycles. The van der Waals surface area contributed by atoms with E-state index in [0.29, 0.717) is 12.3 Å². The van der Waals surface area contributed by atoms with E-state index >= 15 is 0 Å². The minimum atomic E-state index is -0.192. The van der Waals surface area contributed by atoms with Crippen LogP contribution in [0.15, 0.2) is 34.7 Å². The van der Waals surface area contributed by atoms with Crippen molar-refractivity contribution in [1.82, 2.24) is 10.2 Å². The van der Waals surface area contributed by atoms with Crippen LogP contribution < -0.4 is 5.32 Å². The van der Waals surface area contributed by atoms with Crippen LogP contribution in [0.2, 0.25) is 0 Å². The average Bonchev–Trinajstić information content (AvgIpc) is 3.01. The predicted octanol–water partition coefficient (Wildman–Crippen LogP) is 3.82. The molecular weight excluding hydrogens is 314 g/mol. The molecule has 2 aromatic rings. The van der Waals surface area contributed by atoms with Crippen molar-refractivity contribution in [1.29, 1.82) is 0 Å². The number of amides is 1. The number of anilines is 1. The smallest absolute Gasteiger partial charge is 0.322 e. The summed E-state index contributed by atoms with van der Waals surface area (Å²) in [6.45, 7) is 0. The Kier molecular flexibility index (Phi) is 3.43. The number of benzene rings is 1. The number of nitrogens with zero attached hydrogens (tertiary/aromatic N) is 2. The summed E-state index contributed by atoms with van der Waals surface area (Å²) in [6, 6.07) is 10.2. The molecule has 1 heterocycles. The molecule has 6 rings (SSSR count). The molecule has 1 amide bonds. The van der Waals surface area contributed by atoms with E-state index in [1.54, 1.807) is 0 Å². The first-order chi connectivity index (χ1) is 12.2. The molecule has 0 radical (unpaired) electrons. The number of carbonyl (C=O) groups excluding carboxylic acids is 1. The monoisotopic (exact) mass is 337 g/mol. The topological polar surface area (TPSA) is 68.0 Å². The number of carbonyl (C=O) groups is 1. The Balaban J connectivity index is 1.29. The van der Waals surface area contributed by atoms with Gasteiger partial charge in [0.15, 0.2) is 0 Å². The highest BCUT2D eigenvalue weighted by Crippen LogP contribution is 2.60. The van der Waals surface area contributed by atoms with Gasteiger partial charge in [0.05, 0.1) is 11.8 Å². The molecule has 0 aliphatic heterocycles. The predicted molar refractivity (Wildman–Crippen MR) is 92.8 cm³/mol. The fraction of sp³-hybridized carbons (Fsp3) is 0.550. The molecule has 5 nitrogen and oxygen atoms in total. The first kappa shape index (κ1) is 15.1. The van der Waals surface area contributed by atoms with Crippen molar-refractivity contribution in [2.24, 2.45) is 23.2 Å². The molecule has 0 unspecified atom stereocenters. The van der Waals surface area contributed by atoms with Crippen LogP contribution in [-0.2, 0) is 11.2 Å². The van der Waals surface area contributed by atoms with E-state index in [1.165, 1.54) is 19.3 Å². The number of hydrogen-bond acceptors (Lipinski definition) is 4. The average molecular weight is 337 g/mol. The zero-order chi connectivity index (χ0) is 16.9. The lowest BCUT2D eigenvalue weighted by molar-refractivity contribution is -0.140. The fourth-order valence-electron chi connectivity index (χ4n) is 5.76. The van der Waals surface area contributed by atoms with Gasteiger partial charge in [-0.3, -0.25) is 10.1 Å². The summed E-state index contributed by atoms with van der Waals surface area (Å²) in [5.74, 6) is 2.86. The maximum atomic E-state index is 13.0. The molecule has 25 heavy (non-hydrogen) atoms. The van der Waals surface area contributed by atoms with Crippen LogP contribution in [0.1, 0.15) is 50.0 Å². The number of rotatable bonds is 4. The van der Waals surface area contributed by atoms with Gasteiger partial charge in [-0.25, -0.2) is 0 Å². The SMILES string of the molecule is O=C(Nc1nnc(Cc2ccccc2)o1)C12CC3CC(CC(C3)C1)C2. The third kappa shape index (κ3) is 2.75. The zero-order valence-electron chi connectivity index (χ0n) is 14.3. The molecule has 4 fully saturated rings. The molecule has 0 saturated heterocycles. The Labute approximate surface area is 147 Å². The van der Waals surface area contributed by atoms with Gasteiger partial charge in [0.2, 0.25) is 11.8 Å². The summed E-state index contributed by atoms with van der Waals surface area (Å²) in [7, 11) is 0. The van der Waals surface area contributed by atoms with Crippen molar-refractivity contribution in [2.45, 2.75) is 44.9 Å². The lowest BCUT2D eigenvalue weighted by atomic mass is 9.49. The zero-order valence-corrected chi connectivity index (χ0v) is 14.3. The van der Waals surface area contributed by atoms with Gasteiger partial charge in [0.25, 0.3) is 0 Å². The quantitative estimate of drug-likeness (QED) is 0.921. The molecule has 0 spiro atoms. The molecule has 1 N–H and O–H groups in total. The van der Waals surface area contributed by atoms with E-state index in [9.17, 15) is 4.79 Å². The van der Waals surface area contributed by atoms with Gasteiger partial charge in [-0.05, 0) is 61.8 Å². The van der Waals surface area contributed by atoms with Crippen LogP contribution in [0, 0.1) is 23.2 Å². The summed E-state index contributed by atoms with van der Waals surface area (Å²) in [6.07, 6.45) is 7.68. The first-order valence-corrected chi connectivity index (χ1v) is 9.36. The van der Waals surface area contributed by atoms with Crippen molar-refractivity contribution in [3.8, 4) is 0 Å². The maximum Gasteiger partial charge on any atom is 0.322 e. The fourth-order valence-corrected chi connectivity index (χ4v) is 5.76. The summed E-state index contributed by atoms with van der Waals surface area (Å²) in [5.41, 5.74) is 0.924. The second-order valence-corrected chi connectivity index (χ2v) is 8.32. The lowest BCUT2D eigenvalue weighted by Gasteiger charge is -2.55. The molecule has 4 bridgehead atoms. The van der Waals surface area contributed by atoms with E-state index in [0.717, 1.165) is 42.6 Å². The van der Waals surface area contributed by atoms with E-state index in [1.807, 2.05) is 30.3 Å². The highest BCUT2D eigenvalue weighted by molar-refractivity contribution is 5.94. The van der Waals surface area contributed by atoms with Gasteiger partial charge < -0.3 is 4.42 Å². The number of nitrogens with one attached hydrogen (secondary N) is 1. The Bertz CT molecular complexity index is 748. The van der Waals surface area contributed by atoms with Crippen molar-refractivity contribution >= 4 is 11.9 Å². The van der Waals surface area contributed by atoms with Gasteiger partial charge in [0, 0.05) is 0 Å². The standard InChI is InChI=1S/C20H23N3O2/c24-18(20-10-14-6-15(11-20)8-16(7-14)12-20)21-19-23-22-17(25-19)9-13-4-2-1-3-5-13/h1-5,14-16H,6-12H2,(H,21,23,24). The normalized spacial score (nSPS) is 32.7. The molecule has 1 aromatic heterocycles. The Morgan fingerprint density at radius 1 is 1.04 bits per heavy atom. The van der Waals surface area contributed by atoms with Crippen LogP contribution in [-0.4, -0.2) is 16.1 Å². The van der Waals surface area contributed by atoms with Crippen molar-refractivity contribution in [3.05, 3.63) is 41.8 Å². The first-order valence-electron chi connectivity index (χ1n) is 9.36. The molecule has 5 heteroatoms. The molecule has 4 aliphatic carbocycles. The Morgan fingerprint density at radius 3 is 2.32 bits per heavy atom. The summed E-state index contributed by atoms with van der Waals surface area (Å²) in [5, 5.41) is 11.0.